The van der Waals surface area contributed by atoms with Gasteiger partial charge >= 0.3 is 12.0 Å². The molecule has 0 radical (unpaired) electrons. The van der Waals surface area contributed by atoms with E-state index in [1.165, 1.54) is 16.0 Å². The molecule has 0 aliphatic carbocycles. The van der Waals surface area contributed by atoms with E-state index in [0.29, 0.717) is 84.5 Å². The fourth-order valence-corrected chi connectivity index (χ4v) is 11.8. The van der Waals surface area contributed by atoms with E-state index in [4.69, 9.17) is 19.2 Å². The number of methoxy groups -OCH3 is 1. The molecule has 0 saturated carbocycles. The number of benzene rings is 1. The van der Waals surface area contributed by atoms with E-state index < -0.39 is 41.0 Å². The number of hydrogen-bond acceptors (Lipinski definition) is 11. The number of likely N-dealkylation sites (tertiary alicyclic amines) is 1. The first-order valence-corrected chi connectivity index (χ1v) is 26.1. The van der Waals surface area contributed by atoms with Gasteiger partial charge in [-0.1, -0.05) is 46.4 Å². The van der Waals surface area contributed by atoms with Crippen LogP contribution in [0.2, 0.25) is 0 Å². The largest absolute Gasteiger partial charge is 0.464 e. The number of likely N-dealkylation sites (N-methyl/N-ethyl adjacent to an activating group) is 1. The minimum absolute atomic E-state index is 0.136. The van der Waals surface area contributed by atoms with Crippen LogP contribution in [0.15, 0.2) is 55.3 Å². The average molecular weight is 992 g/mol. The van der Waals surface area contributed by atoms with E-state index >= 15 is 0 Å². The molecular formula is C55H77N9O8. The topological polar surface area (TPSA) is 171 Å². The van der Waals surface area contributed by atoms with Crippen LogP contribution in [0, 0.1) is 11.3 Å². The van der Waals surface area contributed by atoms with Gasteiger partial charge in [-0.2, -0.15) is 0 Å². The quantitative estimate of drug-likeness (QED) is 0.191. The first-order chi connectivity index (χ1) is 34.4. The third-order valence-corrected chi connectivity index (χ3v) is 15.9. The highest BCUT2D eigenvalue weighted by Crippen LogP contribution is 2.42. The standard InChI is InChI=1S/C55H77N9O8/c1-11-46(65)63-28-29-72-55(37(63)6)21-26-61(27-22-55)53(69)59(9)48(35(3)4)50(66)57-44-33-60-24-14-16-39(32-60)38-19-20-45-41(30-38)42(49(62(45)12-2)40-17-13-23-56-47(40)36(5)70-10)31-54(7,8)34-71-52(68)43-18-15-25-64(58-43)51(44)67/h11,13,16-17,19-20,23,30,35-37,43-44,48,58H,1,12,14-15,18,21-22,24-29,31-34H2,2-10H3,(H,57,66)/t36-,37-,43-,44-,48-/m0/s1. The highest BCUT2D eigenvalue weighted by Gasteiger charge is 2.48. The Bertz CT molecular complexity index is 2560. The second kappa shape index (κ2) is 21.8. The Labute approximate surface area is 425 Å². The number of aryl methyl sites for hydroxylation is 1. The van der Waals surface area contributed by atoms with Crippen LogP contribution in [0.4, 0.5) is 4.79 Å². The first kappa shape index (κ1) is 52.7. The van der Waals surface area contributed by atoms with E-state index in [-0.39, 0.29) is 49.1 Å². The SMILES string of the molecule is C=CC(=O)N1CCOC2(CCN(C(=O)N(C)[C@H](C(=O)N[C@H]3CN4CCC=C(C4)c4ccc5c(c4)c(c(-c4cccnc4[C@H](C)OC)n5CC)CC(C)(C)COC(=O)[C@@H]4CCCN(N4)C3=O)C(C)C)CC2)[C@@H]1C. The van der Waals surface area contributed by atoms with Gasteiger partial charge in [0.05, 0.1) is 42.3 Å². The van der Waals surface area contributed by atoms with Crippen molar-refractivity contribution in [2.75, 3.05) is 73.2 Å². The van der Waals surface area contributed by atoms with Gasteiger partial charge in [0.2, 0.25) is 11.8 Å². The highest BCUT2D eigenvalue weighted by atomic mass is 16.5. The second-order valence-electron chi connectivity index (χ2n) is 21.6. The van der Waals surface area contributed by atoms with E-state index in [9.17, 15) is 24.0 Å². The smallest absolute Gasteiger partial charge is 0.324 e. The number of rotatable bonds is 9. The third-order valence-electron chi connectivity index (χ3n) is 15.9. The van der Waals surface area contributed by atoms with Gasteiger partial charge in [-0.15, -0.1) is 0 Å². The minimum atomic E-state index is -1.01. The molecule has 2 N–H and O–H groups in total. The maximum atomic E-state index is 14.9. The van der Waals surface area contributed by atoms with Crippen molar-refractivity contribution < 1.29 is 38.2 Å². The first-order valence-electron chi connectivity index (χ1n) is 26.1. The Morgan fingerprint density at radius 3 is 2.56 bits per heavy atom. The van der Waals surface area contributed by atoms with Crippen LogP contribution in [0.3, 0.4) is 0 Å². The predicted molar refractivity (Wildman–Crippen MR) is 276 cm³/mol. The predicted octanol–water partition coefficient (Wildman–Crippen LogP) is 5.97. The number of piperidine rings is 1. The summed E-state index contributed by atoms with van der Waals surface area (Å²) in [5.74, 6) is -1.68. The lowest BCUT2D eigenvalue weighted by molar-refractivity contribution is -0.173. The Hall–Kier alpha value is -5.62. The summed E-state index contributed by atoms with van der Waals surface area (Å²) in [6, 6.07) is 7.58. The molecule has 1 unspecified atom stereocenters. The number of cyclic esters (lactones) is 1. The molecular weight excluding hydrogens is 915 g/mol. The number of aromatic nitrogens is 2. The van der Waals surface area contributed by atoms with Crippen molar-refractivity contribution in [1.29, 1.82) is 0 Å². The van der Waals surface area contributed by atoms with Crippen LogP contribution in [-0.4, -0.2) is 167 Å². The number of esters is 1. The van der Waals surface area contributed by atoms with Gasteiger partial charge in [0.25, 0.3) is 5.91 Å². The number of ether oxygens (including phenoxy) is 3. The number of carbonyl (C=O) groups is 5. The zero-order valence-corrected chi connectivity index (χ0v) is 44.0. The second-order valence-corrected chi connectivity index (χ2v) is 21.6. The summed E-state index contributed by atoms with van der Waals surface area (Å²) in [6.07, 6.45) is 8.62. The average Bonchev–Trinajstić information content (AvgIpc) is 3.68. The molecule has 1 spiro atoms. The molecule has 17 heteroatoms. The number of pyridine rings is 1. The molecule has 3 fully saturated rings. The summed E-state index contributed by atoms with van der Waals surface area (Å²) in [6.45, 7) is 22.2. The summed E-state index contributed by atoms with van der Waals surface area (Å²) in [5.41, 5.74) is 9.47. The zero-order valence-electron chi connectivity index (χ0n) is 44.0. The van der Waals surface area contributed by atoms with Crippen LogP contribution >= 0.6 is 0 Å². The van der Waals surface area contributed by atoms with Gasteiger partial charge in [-0.05, 0) is 112 Å². The van der Waals surface area contributed by atoms with Crippen molar-refractivity contribution in [1.82, 2.24) is 44.9 Å². The number of carbonyl (C=O) groups excluding carboxylic acids is 5. The summed E-state index contributed by atoms with van der Waals surface area (Å²) < 4.78 is 20.7. The number of hydrogen-bond donors (Lipinski definition) is 2. The number of nitrogens with one attached hydrogen (secondary N) is 2. The lowest BCUT2D eigenvalue weighted by Gasteiger charge is -2.52. The number of nitrogens with zero attached hydrogens (tertiary/aromatic N) is 7. The molecule has 5 aliphatic heterocycles. The van der Waals surface area contributed by atoms with Gasteiger partial charge in [0.15, 0.2) is 0 Å². The molecule has 6 bridgehead atoms. The van der Waals surface area contributed by atoms with Crippen LogP contribution < -0.4 is 10.7 Å². The van der Waals surface area contributed by atoms with Crippen LogP contribution in [0.5, 0.6) is 0 Å². The molecule has 5 aliphatic rings. The number of urea groups is 1. The lowest BCUT2D eigenvalue weighted by Crippen LogP contribution is -2.65. The van der Waals surface area contributed by atoms with Crippen molar-refractivity contribution in [3.8, 4) is 11.3 Å². The van der Waals surface area contributed by atoms with Crippen molar-refractivity contribution in [2.45, 2.75) is 129 Å². The molecule has 7 heterocycles. The van der Waals surface area contributed by atoms with Crippen LogP contribution in [0.1, 0.15) is 103 Å². The maximum absolute atomic E-state index is 14.9. The molecule has 3 aromatic rings. The van der Waals surface area contributed by atoms with Gasteiger partial charge in [0, 0.05) is 94.6 Å². The van der Waals surface area contributed by atoms with Gasteiger partial charge in [-0.3, -0.25) is 34.1 Å². The molecule has 1 aromatic carbocycles. The Balaban J connectivity index is 1.09. The molecule has 3 saturated heterocycles. The Kier molecular flexibility index (Phi) is 16.0. The van der Waals surface area contributed by atoms with E-state index in [1.54, 1.807) is 30.2 Å². The summed E-state index contributed by atoms with van der Waals surface area (Å²) in [5, 5.41) is 5.72. The Morgan fingerprint density at radius 1 is 1.08 bits per heavy atom. The molecule has 5 amide bonds. The van der Waals surface area contributed by atoms with E-state index in [0.717, 1.165) is 51.0 Å². The molecule has 17 nitrogen and oxygen atoms in total. The number of morpholine rings is 1. The highest BCUT2D eigenvalue weighted by molar-refractivity contribution is 5.95. The normalized spacial score (nSPS) is 24.5. The zero-order chi connectivity index (χ0) is 51.6. The van der Waals surface area contributed by atoms with E-state index in [1.807, 2.05) is 33.8 Å². The van der Waals surface area contributed by atoms with Crippen molar-refractivity contribution in [2.24, 2.45) is 11.3 Å². The maximum Gasteiger partial charge on any atom is 0.324 e. The number of hydrazine groups is 1. The number of fused-ring (bicyclic) bond motifs is 6. The van der Waals surface area contributed by atoms with Crippen molar-refractivity contribution in [3.63, 3.8) is 0 Å². The molecule has 390 valence electrons. The van der Waals surface area contributed by atoms with Gasteiger partial charge in [0.1, 0.15) is 18.1 Å². The summed E-state index contributed by atoms with van der Waals surface area (Å²) in [4.78, 5) is 82.8. The Morgan fingerprint density at radius 2 is 1.85 bits per heavy atom. The van der Waals surface area contributed by atoms with E-state index in [2.05, 4.69) is 77.9 Å². The molecule has 6 atom stereocenters. The third kappa shape index (κ3) is 10.6. The van der Waals surface area contributed by atoms with Crippen LogP contribution in [0.25, 0.3) is 27.7 Å². The monoisotopic (exact) mass is 992 g/mol. The number of amides is 5. The fraction of sp³-hybridized carbons (Fsp3) is 0.600. The minimum Gasteiger partial charge on any atom is -0.464 e. The summed E-state index contributed by atoms with van der Waals surface area (Å²) in [7, 11) is 3.34. The fourth-order valence-electron chi connectivity index (χ4n) is 11.8. The van der Waals surface area contributed by atoms with Crippen LogP contribution in [-0.2, 0) is 46.4 Å². The molecule has 2 aromatic heterocycles. The molecule has 72 heavy (non-hydrogen) atoms. The van der Waals surface area contributed by atoms with Crippen molar-refractivity contribution in [3.05, 3.63) is 72.1 Å². The van der Waals surface area contributed by atoms with Gasteiger partial charge in [-0.25, -0.2) is 10.2 Å². The summed E-state index contributed by atoms with van der Waals surface area (Å²) >= 11 is 0. The van der Waals surface area contributed by atoms with Gasteiger partial charge < -0.3 is 38.8 Å². The van der Waals surface area contributed by atoms with Crippen molar-refractivity contribution >= 4 is 46.2 Å². The lowest BCUT2D eigenvalue weighted by atomic mass is 9.82. The molecule has 8 rings (SSSR count).